The van der Waals surface area contributed by atoms with Gasteiger partial charge in [0.2, 0.25) is 0 Å². The molecular weight excluding hydrogens is 254 g/mol. The Morgan fingerprint density at radius 2 is 1.95 bits per heavy atom. The standard InChI is InChI=1S/C15H21N3O2/c1-19-14-4-6-15(7-5-14)20-13-3-8-16-10-12-18-11-2-9-17-18/h2,4-7,9,11,16H,3,8,10,12-13H2,1H3. The molecular formula is C15H21N3O2. The average Bonchev–Trinajstić information content (AvgIpc) is 3.00. The molecule has 0 spiro atoms. The summed E-state index contributed by atoms with van der Waals surface area (Å²) in [7, 11) is 1.66. The van der Waals surface area contributed by atoms with Gasteiger partial charge in [0, 0.05) is 18.9 Å². The third-order valence-electron chi connectivity index (χ3n) is 2.90. The minimum atomic E-state index is 0.709. The van der Waals surface area contributed by atoms with Crippen LogP contribution < -0.4 is 14.8 Å². The van der Waals surface area contributed by atoms with Gasteiger partial charge in [-0.3, -0.25) is 4.68 Å². The van der Waals surface area contributed by atoms with Crippen molar-refractivity contribution in [3.05, 3.63) is 42.7 Å². The van der Waals surface area contributed by atoms with E-state index in [1.807, 2.05) is 41.2 Å². The van der Waals surface area contributed by atoms with Gasteiger partial charge in [0.1, 0.15) is 11.5 Å². The van der Waals surface area contributed by atoms with Crippen molar-refractivity contribution in [2.75, 3.05) is 26.8 Å². The maximum Gasteiger partial charge on any atom is 0.119 e. The number of nitrogens with one attached hydrogen (secondary N) is 1. The van der Waals surface area contributed by atoms with Crippen LogP contribution in [0.25, 0.3) is 0 Å². The number of benzene rings is 1. The van der Waals surface area contributed by atoms with Gasteiger partial charge in [0.15, 0.2) is 0 Å². The summed E-state index contributed by atoms with van der Waals surface area (Å²) >= 11 is 0. The van der Waals surface area contributed by atoms with Crippen molar-refractivity contribution in [1.29, 1.82) is 0 Å². The minimum absolute atomic E-state index is 0.709. The second kappa shape index (κ2) is 8.22. The number of rotatable bonds is 9. The summed E-state index contributed by atoms with van der Waals surface area (Å²) < 4.78 is 12.7. The maximum absolute atomic E-state index is 5.64. The number of ether oxygens (including phenoxy) is 2. The molecule has 1 aromatic carbocycles. The summed E-state index contributed by atoms with van der Waals surface area (Å²) in [5.74, 6) is 1.72. The topological polar surface area (TPSA) is 48.3 Å². The molecule has 1 aromatic heterocycles. The predicted octanol–water partition coefficient (Wildman–Crippen LogP) is 1.95. The molecule has 0 aliphatic rings. The second-order valence-electron chi connectivity index (χ2n) is 4.40. The Morgan fingerprint density at radius 3 is 2.65 bits per heavy atom. The van der Waals surface area contributed by atoms with Gasteiger partial charge in [-0.1, -0.05) is 0 Å². The van der Waals surface area contributed by atoms with Gasteiger partial charge in [0.05, 0.1) is 20.3 Å². The summed E-state index contributed by atoms with van der Waals surface area (Å²) in [6.45, 7) is 3.47. The molecule has 0 saturated carbocycles. The molecule has 0 atom stereocenters. The van der Waals surface area contributed by atoms with Gasteiger partial charge >= 0.3 is 0 Å². The van der Waals surface area contributed by atoms with Crippen LogP contribution in [-0.4, -0.2) is 36.6 Å². The molecule has 0 amide bonds. The van der Waals surface area contributed by atoms with Gasteiger partial charge in [-0.25, -0.2) is 0 Å². The average molecular weight is 275 g/mol. The van der Waals surface area contributed by atoms with Gasteiger partial charge in [-0.05, 0) is 43.3 Å². The summed E-state index contributed by atoms with van der Waals surface area (Å²) in [5.41, 5.74) is 0. The molecule has 5 heteroatoms. The maximum atomic E-state index is 5.64. The predicted molar refractivity (Wildman–Crippen MR) is 78.2 cm³/mol. The molecule has 0 aliphatic heterocycles. The zero-order chi connectivity index (χ0) is 14.0. The Balaban J connectivity index is 1.50. The monoisotopic (exact) mass is 275 g/mol. The number of hydrogen-bond donors (Lipinski definition) is 1. The number of methoxy groups -OCH3 is 1. The Bertz CT molecular complexity index is 468. The molecule has 5 nitrogen and oxygen atoms in total. The van der Waals surface area contributed by atoms with Crippen LogP contribution in [0.3, 0.4) is 0 Å². The fourth-order valence-electron chi connectivity index (χ4n) is 1.81. The lowest BCUT2D eigenvalue weighted by Gasteiger charge is -2.08. The highest BCUT2D eigenvalue weighted by Gasteiger charge is 1.95. The number of nitrogens with zero attached hydrogens (tertiary/aromatic N) is 2. The summed E-state index contributed by atoms with van der Waals surface area (Å²) in [6.07, 6.45) is 4.74. The van der Waals surface area contributed by atoms with E-state index in [-0.39, 0.29) is 0 Å². The first-order chi connectivity index (χ1) is 9.88. The zero-order valence-electron chi connectivity index (χ0n) is 11.8. The first-order valence-electron chi connectivity index (χ1n) is 6.83. The largest absolute Gasteiger partial charge is 0.497 e. The third-order valence-corrected chi connectivity index (χ3v) is 2.90. The summed E-state index contributed by atoms with van der Waals surface area (Å²) in [4.78, 5) is 0. The lowest BCUT2D eigenvalue weighted by Crippen LogP contribution is -2.22. The molecule has 0 saturated heterocycles. The molecule has 20 heavy (non-hydrogen) atoms. The minimum Gasteiger partial charge on any atom is -0.497 e. The quantitative estimate of drug-likeness (QED) is 0.711. The lowest BCUT2D eigenvalue weighted by molar-refractivity contribution is 0.307. The highest BCUT2D eigenvalue weighted by Crippen LogP contribution is 2.16. The van der Waals surface area contributed by atoms with Crippen molar-refractivity contribution >= 4 is 0 Å². The molecule has 108 valence electrons. The van der Waals surface area contributed by atoms with Crippen molar-refractivity contribution in [3.8, 4) is 11.5 Å². The molecule has 2 rings (SSSR count). The third kappa shape index (κ3) is 4.93. The molecule has 0 bridgehead atoms. The Kier molecular flexibility index (Phi) is 5.92. The van der Waals surface area contributed by atoms with Crippen LogP contribution in [-0.2, 0) is 6.54 Å². The van der Waals surface area contributed by atoms with E-state index in [4.69, 9.17) is 9.47 Å². The van der Waals surface area contributed by atoms with E-state index in [9.17, 15) is 0 Å². The molecule has 2 aromatic rings. The molecule has 1 N–H and O–H groups in total. The van der Waals surface area contributed by atoms with E-state index in [0.717, 1.165) is 37.6 Å². The zero-order valence-corrected chi connectivity index (χ0v) is 11.8. The van der Waals surface area contributed by atoms with Crippen LogP contribution in [0.1, 0.15) is 6.42 Å². The molecule has 0 fully saturated rings. The van der Waals surface area contributed by atoms with Gasteiger partial charge in [-0.15, -0.1) is 0 Å². The summed E-state index contributed by atoms with van der Waals surface area (Å²) in [5, 5.41) is 7.51. The highest BCUT2D eigenvalue weighted by atomic mass is 16.5. The normalized spacial score (nSPS) is 10.4. The summed E-state index contributed by atoms with van der Waals surface area (Å²) in [6, 6.07) is 9.58. The van der Waals surface area contributed by atoms with E-state index < -0.39 is 0 Å². The van der Waals surface area contributed by atoms with Crippen LogP contribution in [0, 0.1) is 0 Å². The molecule has 0 unspecified atom stereocenters. The van der Waals surface area contributed by atoms with Gasteiger partial charge in [0.25, 0.3) is 0 Å². The van der Waals surface area contributed by atoms with E-state index in [1.54, 1.807) is 13.3 Å². The molecule has 1 heterocycles. The number of hydrogen-bond acceptors (Lipinski definition) is 4. The Labute approximate surface area is 119 Å². The van der Waals surface area contributed by atoms with Crippen molar-refractivity contribution in [2.24, 2.45) is 0 Å². The Hall–Kier alpha value is -2.01. The van der Waals surface area contributed by atoms with Gasteiger partial charge < -0.3 is 14.8 Å². The van der Waals surface area contributed by atoms with Crippen molar-refractivity contribution in [3.63, 3.8) is 0 Å². The number of aromatic nitrogens is 2. The first-order valence-corrected chi connectivity index (χ1v) is 6.83. The SMILES string of the molecule is COc1ccc(OCCCNCCn2cccn2)cc1. The Morgan fingerprint density at radius 1 is 1.15 bits per heavy atom. The van der Waals surface area contributed by atoms with Crippen LogP contribution in [0.4, 0.5) is 0 Å². The van der Waals surface area contributed by atoms with E-state index in [1.165, 1.54) is 0 Å². The van der Waals surface area contributed by atoms with Crippen molar-refractivity contribution < 1.29 is 9.47 Å². The first kappa shape index (κ1) is 14.4. The van der Waals surface area contributed by atoms with E-state index in [2.05, 4.69) is 10.4 Å². The molecule has 0 radical (unpaired) electrons. The molecule has 0 aliphatic carbocycles. The van der Waals surface area contributed by atoms with Crippen molar-refractivity contribution in [2.45, 2.75) is 13.0 Å². The smallest absolute Gasteiger partial charge is 0.119 e. The fourth-order valence-corrected chi connectivity index (χ4v) is 1.81. The van der Waals surface area contributed by atoms with E-state index >= 15 is 0 Å². The highest BCUT2D eigenvalue weighted by molar-refractivity contribution is 5.31. The van der Waals surface area contributed by atoms with Gasteiger partial charge in [-0.2, -0.15) is 5.10 Å². The van der Waals surface area contributed by atoms with E-state index in [0.29, 0.717) is 6.61 Å². The van der Waals surface area contributed by atoms with Crippen LogP contribution in [0.15, 0.2) is 42.7 Å². The fraction of sp³-hybridized carbons (Fsp3) is 0.400. The second-order valence-corrected chi connectivity index (χ2v) is 4.40. The lowest BCUT2D eigenvalue weighted by atomic mass is 10.3. The van der Waals surface area contributed by atoms with Crippen LogP contribution in [0.2, 0.25) is 0 Å². The van der Waals surface area contributed by atoms with Crippen molar-refractivity contribution in [1.82, 2.24) is 15.1 Å². The van der Waals surface area contributed by atoms with Crippen LogP contribution in [0.5, 0.6) is 11.5 Å². The van der Waals surface area contributed by atoms with Crippen LogP contribution >= 0.6 is 0 Å².